The lowest BCUT2D eigenvalue weighted by molar-refractivity contribution is 0.102. The van der Waals surface area contributed by atoms with E-state index >= 15 is 0 Å². The van der Waals surface area contributed by atoms with E-state index in [9.17, 15) is 9.18 Å². The van der Waals surface area contributed by atoms with Crippen LogP contribution in [0.15, 0.2) is 18.2 Å². The Morgan fingerprint density at radius 1 is 1.43 bits per heavy atom. The number of carbonyl (C=O) groups is 1. The van der Waals surface area contributed by atoms with E-state index in [0.29, 0.717) is 22.5 Å². The van der Waals surface area contributed by atoms with Gasteiger partial charge in [-0.1, -0.05) is 12.2 Å². The lowest BCUT2D eigenvalue weighted by atomic mass is 10.1. The van der Waals surface area contributed by atoms with Gasteiger partial charge in [-0.25, -0.2) is 4.39 Å². The van der Waals surface area contributed by atoms with E-state index in [1.54, 1.807) is 31.6 Å². The molecule has 1 aromatic carbocycles. The maximum absolute atomic E-state index is 13.9. The van der Waals surface area contributed by atoms with Crippen molar-refractivity contribution in [3.8, 4) is 0 Å². The molecule has 0 unspecified atom stereocenters. The molecule has 0 fully saturated rings. The summed E-state index contributed by atoms with van der Waals surface area (Å²) >= 11 is 4.78. The van der Waals surface area contributed by atoms with Crippen molar-refractivity contribution in [3.05, 3.63) is 46.5 Å². The van der Waals surface area contributed by atoms with Crippen LogP contribution in [0.1, 0.15) is 27.3 Å². The fraction of sp³-hybridized carbons (Fsp3) is 0.214. The molecular weight excluding hydrogens is 291 g/mol. The van der Waals surface area contributed by atoms with Crippen LogP contribution in [-0.4, -0.2) is 20.7 Å². The summed E-state index contributed by atoms with van der Waals surface area (Å²) in [4.78, 5) is 12.4. The van der Waals surface area contributed by atoms with Crippen LogP contribution in [-0.2, 0) is 7.05 Å². The molecule has 0 spiro atoms. The van der Waals surface area contributed by atoms with Crippen molar-refractivity contribution >= 4 is 28.8 Å². The lowest BCUT2D eigenvalue weighted by Crippen LogP contribution is -2.16. The molecule has 0 saturated carbocycles. The average Bonchev–Trinajstić information content (AvgIpc) is 2.65. The minimum Gasteiger partial charge on any atom is -0.389 e. The zero-order valence-corrected chi connectivity index (χ0v) is 12.7. The lowest BCUT2D eigenvalue weighted by Gasteiger charge is -2.08. The van der Waals surface area contributed by atoms with Gasteiger partial charge in [0.2, 0.25) is 0 Å². The number of aryl methyl sites for hydroxylation is 2. The Kier molecular flexibility index (Phi) is 4.04. The van der Waals surface area contributed by atoms with Crippen LogP contribution in [0.4, 0.5) is 10.1 Å². The predicted octanol–water partition coefficient (Wildman–Crippen LogP) is 2.06. The third-order valence-corrected chi connectivity index (χ3v) is 3.47. The first kappa shape index (κ1) is 15.1. The topological polar surface area (TPSA) is 72.9 Å². The molecule has 1 aromatic heterocycles. The summed E-state index contributed by atoms with van der Waals surface area (Å²) in [6, 6.07) is 4.19. The van der Waals surface area contributed by atoms with Gasteiger partial charge in [0.05, 0.1) is 16.9 Å². The number of aromatic nitrogens is 2. The Labute approximate surface area is 126 Å². The molecule has 0 aliphatic rings. The first-order valence-electron chi connectivity index (χ1n) is 6.22. The van der Waals surface area contributed by atoms with Crippen LogP contribution < -0.4 is 11.1 Å². The number of nitrogens with one attached hydrogen (secondary N) is 1. The molecule has 1 heterocycles. The highest BCUT2D eigenvalue weighted by atomic mass is 32.1. The molecule has 0 bridgehead atoms. The number of thiocarbonyl (C=S) groups is 1. The standard InChI is InChI=1S/C14H15FN4OS/c1-7-12(8(2)19(3)18-7)14(20)17-11-5-4-9(13(16)21)6-10(11)15/h4-6H,1-3H3,(H2,16,21)(H,17,20). The van der Waals surface area contributed by atoms with E-state index in [-0.39, 0.29) is 10.7 Å². The number of benzene rings is 1. The number of hydrogen-bond donors (Lipinski definition) is 2. The monoisotopic (exact) mass is 306 g/mol. The fourth-order valence-electron chi connectivity index (χ4n) is 2.06. The number of halogens is 1. The summed E-state index contributed by atoms with van der Waals surface area (Å²) in [5, 5.41) is 6.70. The number of anilines is 1. The maximum Gasteiger partial charge on any atom is 0.259 e. The van der Waals surface area contributed by atoms with Gasteiger partial charge in [0.15, 0.2) is 0 Å². The van der Waals surface area contributed by atoms with Crippen molar-refractivity contribution < 1.29 is 9.18 Å². The minimum atomic E-state index is -0.590. The van der Waals surface area contributed by atoms with Crippen molar-refractivity contribution in [3.63, 3.8) is 0 Å². The Balaban J connectivity index is 2.30. The van der Waals surface area contributed by atoms with E-state index < -0.39 is 11.7 Å². The minimum absolute atomic E-state index is 0.0719. The number of rotatable bonds is 3. The van der Waals surface area contributed by atoms with Crippen LogP contribution in [0.2, 0.25) is 0 Å². The second kappa shape index (κ2) is 5.61. The van der Waals surface area contributed by atoms with Gasteiger partial charge >= 0.3 is 0 Å². The van der Waals surface area contributed by atoms with E-state index in [1.165, 1.54) is 12.1 Å². The Morgan fingerprint density at radius 3 is 2.57 bits per heavy atom. The van der Waals surface area contributed by atoms with Crippen LogP contribution in [0, 0.1) is 19.7 Å². The highest BCUT2D eigenvalue weighted by Crippen LogP contribution is 2.19. The summed E-state index contributed by atoms with van der Waals surface area (Å²) in [6.45, 7) is 3.51. The molecule has 2 rings (SSSR count). The molecule has 2 aromatic rings. The summed E-state index contributed by atoms with van der Waals surface area (Å²) in [7, 11) is 1.75. The average molecular weight is 306 g/mol. The first-order chi connectivity index (χ1) is 9.81. The van der Waals surface area contributed by atoms with Crippen LogP contribution in [0.5, 0.6) is 0 Å². The van der Waals surface area contributed by atoms with Gasteiger partial charge in [0.25, 0.3) is 5.91 Å². The van der Waals surface area contributed by atoms with Crippen molar-refractivity contribution in [1.29, 1.82) is 0 Å². The largest absolute Gasteiger partial charge is 0.389 e. The molecule has 0 atom stereocenters. The SMILES string of the molecule is Cc1nn(C)c(C)c1C(=O)Nc1ccc(C(N)=S)cc1F. The summed E-state index contributed by atoms with van der Waals surface area (Å²) in [6.07, 6.45) is 0. The molecule has 0 aliphatic heterocycles. The molecule has 5 nitrogen and oxygen atoms in total. The number of amides is 1. The third kappa shape index (κ3) is 2.92. The maximum atomic E-state index is 13.9. The van der Waals surface area contributed by atoms with Gasteiger partial charge < -0.3 is 11.1 Å². The van der Waals surface area contributed by atoms with Crippen LogP contribution in [0.25, 0.3) is 0 Å². The van der Waals surface area contributed by atoms with E-state index in [2.05, 4.69) is 10.4 Å². The van der Waals surface area contributed by atoms with Gasteiger partial charge in [0.1, 0.15) is 10.8 Å². The zero-order valence-electron chi connectivity index (χ0n) is 11.9. The van der Waals surface area contributed by atoms with Gasteiger partial charge in [-0.3, -0.25) is 9.48 Å². The van der Waals surface area contributed by atoms with E-state index in [0.717, 1.165) is 0 Å². The molecule has 7 heteroatoms. The Bertz CT molecular complexity index is 739. The number of nitrogens with two attached hydrogens (primary N) is 1. The van der Waals surface area contributed by atoms with Crippen molar-refractivity contribution in [1.82, 2.24) is 9.78 Å². The second-order valence-electron chi connectivity index (χ2n) is 4.68. The molecule has 0 saturated heterocycles. The summed E-state index contributed by atoms with van der Waals surface area (Å²) in [5.41, 5.74) is 7.66. The summed E-state index contributed by atoms with van der Waals surface area (Å²) < 4.78 is 15.5. The first-order valence-corrected chi connectivity index (χ1v) is 6.63. The second-order valence-corrected chi connectivity index (χ2v) is 5.12. The highest BCUT2D eigenvalue weighted by Gasteiger charge is 2.18. The molecule has 0 radical (unpaired) electrons. The molecule has 0 aliphatic carbocycles. The van der Waals surface area contributed by atoms with Gasteiger partial charge in [-0.05, 0) is 32.0 Å². The number of nitrogens with zero attached hydrogens (tertiary/aromatic N) is 2. The van der Waals surface area contributed by atoms with Crippen molar-refractivity contribution in [2.24, 2.45) is 12.8 Å². The number of carbonyl (C=O) groups excluding carboxylic acids is 1. The van der Waals surface area contributed by atoms with Crippen LogP contribution >= 0.6 is 12.2 Å². The van der Waals surface area contributed by atoms with E-state index in [1.807, 2.05) is 0 Å². The van der Waals surface area contributed by atoms with Crippen LogP contribution in [0.3, 0.4) is 0 Å². The van der Waals surface area contributed by atoms with Crippen molar-refractivity contribution in [2.45, 2.75) is 13.8 Å². The quantitative estimate of drug-likeness (QED) is 0.851. The normalized spacial score (nSPS) is 10.5. The predicted molar refractivity (Wildman–Crippen MR) is 82.9 cm³/mol. The summed E-state index contributed by atoms with van der Waals surface area (Å²) in [5.74, 6) is -0.993. The van der Waals surface area contributed by atoms with Gasteiger partial charge in [-0.15, -0.1) is 0 Å². The van der Waals surface area contributed by atoms with E-state index in [4.69, 9.17) is 18.0 Å². The number of hydrogen-bond acceptors (Lipinski definition) is 3. The molecule has 3 N–H and O–H groups in total. The zero-order chi connectivity index (χ0) is 15.7. The van der Waals surface area contributed by atoms with Crippen molar-refractivity contribution in [2.75, 3.05) is 5.32 Å². The smallest absolute Gasteiger partial charge is 0.259 e. The van der Waals surface area contributed by atoms with Gasteiger partial charge in [-0.2, -0.15) is 5.10 Å². The molecule has 21 heavy (non-hydrogen) atoms. The fourth-order valence-corrected chi connectivity index (χ4v) is 2.18. The Hall–Kier alpha value is -2.28. The molecule has 1 amide bonds. The molecule has 110 valence electrons. The molecular formula is C14H15FN4OS. The Morgan fingerprint density at radius 2 is 2.10 bits per heavy atom. The third-order valence-electron chi connectivity index (χ3n) is 3.24. The highest BCUT2D eigenvalue weighted by molar-refractivity contribution is 7.80. The van der Waals surface area contributed by atoms with Gasteiger partial charge in [0, 0.05) is 18.3 Å².